The highest BCUT2D eigenvalue weighted by molar-refractivity contribution is 5.90. The second kappa shape index (κ2) is 9.02. The SMILES string of the molecule is CCN(CC)C(=O)Cn1cc(C(=O)OC)cc(-c2ccc(OC)cc2)c1=O. The third-order valence-electron chi connectivity index (χ3n) is 4.33. The largest absolute Gasteiger partial charge is 0.497 e. The molecule has 0 atom stereocenters. The number of ether oxygens (including phenoxy) is 2. The summed E-state index contributed by atoms with van der Waals surface area (Å²) >= 11 is 0. The van der Waals surface area contributed by atoms with Crippen molar-refractivity contribution in [1.82, 2.24) is 9.47 Å². The number of methoxy groups -OCH3 is 2. The molecule has 1 heterocycles. The van der Waals surface area contributed by atoms with Crippen molar-refractivity contribution in [3.8, 4) is 16.9 Å². The Labute approximate surface area is 158 Å². The van der Waals surface area contributed by atoms with Crippen LogP contribution in [0.3, 0.4) is 0 Å². The van der Waals surface area contributed by atoms with Gasteiger partial charge in [-0.2, -0.15) is 0 Å². The molecule has 0 aliphatic heterocycles. The number of nitrogens with zero attached hydrogens (tertiary/aromatic N) is 2. The van der Waals surface area contributed by atoms with Crippen molar-refractivity contribution in [3.63, 3.8) is 0 Å². The first-order chi connectivity index (χ1) is 12.9. The molecule has 2 rings (SSSR count). The Morgan fingerprint density at radius 1 is 1.07 bits per heavy atom. The van der Waals surface area contributed by atoms with Crippen molar-refractivity contribution in [1.29, 1.82) is 0 Å². The van der Waals surface area contributed by atoms with Crippen molar-refractivity contribution in [2.24, 2.45) is 0 Å². The number of carbonyl (C=O) groups excluding carboxylic acids is 2. The fourth-order valence-electron chi connectivity index (χ4n) is 2.78. The number of likely N-dealkylation sites (N-methyl/N-ethyl adjacent to an activating group) is 1. The average molecular weight is 372 g/mol. The van der Waals surface area contributed by atoms with E-state index in [-0.39, 0.29) is 23.6 Å². The molecule has 0 N–H and O–H groups in total. The molecular formula is C20H24N2O5. The highest BCUT2D eigenvalue weighted by atomic mass is 16.5. The van der Waals surface area contributed by atoms with Crippen molar-refractivity contribution in [3.05, 3.63) is 52.4 Å². The van der Waals surface area contributed by atoms with E-state index >= 15 is 0 Å². The van der Waals surface area contributed by atoms with Crippen LogP contribution in [-0.2, 0) is 16.1 Å². The van der Waals surface area contributed by atoms with E-state index in [1.54, 1.807) is 36.3 Å². The molecule has 0 radical (unpaired) electrons. The lowest BCUT2D eigenvalue weighted by Crippen LogP contribution is -2.36. The van der Waals surface area contributed by atoms with Gasteiger partial charge >= 0.3 is 5.97 Å². The van der Waals surface area contributed by atoms with Gasteiger partial charge in [-0.05, 0) is 37.6 Å². The molecule has 27 heavy (non-hydrogen) atoms. The van der Waals surface area contributed by atoms with Crippen LogP contribution in [0, 0.1) is 0 Å². The number of aromatic nitrogens is 1. The minimum absolute atomic E-state index is 0.144. The van der Waals surface area contributed by atoms with Crippen molar-refractivity contribution < 1.29 is 19.1 Å². The zero-order valence-corrected chi connectivity index (χ0v) is 16.0. The molecule has 2 aromatic rings. The standard InChI is InChI=1S/C20H24N2O5/c1-5-21(6-2)18(23)13-22-12-15(20(25)27-4)11-17(19(22)24)14-7-9-16(26-3)10-8-14/h7-12H,5-6,13H2,1-4H3. The molecule has 0 fully saturated rings. The fraction of sp³-hybridized carbons (Fsp3) is 0.350. The molecule has 0 saturated carbocycles. The summed E-state index contributed by atoms with van der Waals surface area (Å²) < 4.78 is 11.2. The predicted molar refractivity (Wildman–Crippen MR) is 102 cm³/mol. The highest BCUT2D eigenvalue weighted by Gasteiger charge is 2.17. The summed E-state index contributed by atoms with van der Waals surface area (Å²) in [7, 11) is 2.82. The Morgan fingerprint density at radius 2 is 1.70 bits per heavy atom. The van der Waals surface area contributed by atoms with Gasteiger partial charge in [-0.3, -0.25) is 9.59 Å². The number of benzene rings is 1. The van der Waals surface area contributed by atoms with Gasteiger partial charge in [-0.15, -0.1) is 0 Å². The van der Waals surface area contributed by atoms with Crippen LogP contribution >= 0.6 is 0 Å². The zero-order chi connectivity index (χ0) is 20.0. The van der Waals surface area contributed by atoms with Crippen molar-refractivity contribution >= 4 is 11.9 Å². The summed E-state index contributed by atoms with van der Waals surface area (Å²) in [6.45, 7) is 4.70. The van der Waals surface area contributed by atoms with E-state index in [2.05, 4.69) is 0 Å². The van der Waals surface area contributed by atoms with Crippen molar-refractivity contribution in [2.75, 3.05) is 27.3 Å². The Balaban J connectivity index is 2.54. The molecule has 7 heteroatoms. The fourth-order valence-corrected chi connectivity index (χ4v) is 2.78. The van der Waals surface area contributed by atoms with Gasteiger partial charge in [0.25, 0.3) is 5.56 Å². The van der Waals surface area contributed by atoms with E-state index in [4.69, 9.17) is 9.47 Å². The molecule has 144 valence electrons. The average Bonchev–Trinajstić information content (AvgIpc) is 2.70. The van der Waals surface area contributed by atoms with Gasteiger partial charge < -0.3 is 18.9 Å². The summed E-state index contributed by atoms with van der Waals surface area (Å²) in [5.74, 6) is -0.112. The second-order valence-corrected chi connectivity index (χ2v) is 5.86. The quantitative estimate of drug-likeness (QED) is 0.696. The molecule has 7 nitrogen and oxygen atoms in total. The van der Waals surface area contributed by atoms with Gasteiger partial charge in [0.05, 0.1) is 19.8 Å². The monoisotopic (exact) mass is 372 g/mol. The van der Waals surface area contributed by atoms with Crippen LogP contribution < -0.4 is 10.3 Å². The van der Waals surface area contributed by atoms with Crippen LogP contribution in [-0.4, -0.2) is 48.7 Å². The third-order valence-corrected chi connectivity index (χ3v) is 4.33. The van der Waals surface area contributed by atoms with Gasteiger partial charge in [-0.1, -0.05) is 12.1 Å². The normalized spacial score (nSPS) is 10.4. The molecule has 1 aromatic heterocycles. The Kier molecular flexibility index (Phi) is 6.76. The van der Waals surface area contributed by atoms with Crippen LogP contribution in [0.5, 0.6) is 5.75 Å². The molecule has 0 aliphatic carbocycles. The summed E-state index contributed by atoms with van der Waals surface area (Å²) in [5, 5.41) is 0. The number of pyridine rings is 1. The topological polar surface area (TPSA) is 77.8 Å². The number of rotatable bonds is 7. The van der Waals surface area contributed by atoms with Gasteiger partial charge in [0.1, 0.15) is 12.3 Å². The lowest BCUT2D eigenvalue weighted by molar-refractivity contribution is -0.131. The maximum Gasteiger partial charge on any atom is 0.339 e. The number of esters is 1. The van der Waals surface area contributed by atoms with Gasteiger partial charge in [0.2, 0.25) is 5.91 Å². The van der Waals surface area contributed by atoms with E-state index in [1.807, 2.05) is 13.8 Å². The zero-order valence-electron chi connectivity index (χ0n) is 16.0. The molecule has 1 aromatic carbocycles. The number of amides is 1. The summed E-state index contributed by atoms with van der Waals surface area (Å²) in [6, 6.07) is 8.39. The van der Waals surface area contributed by atoms with Crippen LogP contribution in [0.2, 0.25) is 0 Å². The minimum Gasteiger partial charge on any atom is -0.497 e. The van der Waals surface area contributed by atoms with E-state index < -0.39 is 5.97 Å². The van der Waals surface area contributed by atoms with Gasteiger partial charge in [0.15, 0.2) is 0 Å². The van der Waals surface area contributed by atoms with Crippen molar-refractivity contribution in [2.45, 2.75) is 20.4 Å². The van der Waals surface area contributed by atoms with E-state index in [0.717, 1.165) is 0 Å². The van der Waals surface area contributed by atoms with E-state index in [9.17, 15) is 14.4 Å². The van der Waals surface area contributed by atoms with E-state index in [1.165, 1.54) is 23.9 Å². The first kappa shape index (κ1) is 20.2. The third kappa shape index (κ3) is 4.55. The molecule has 0 saturated heterocycles. The van der Waals surface area contributed by atoms with Gasteiger partial charge in [0, 0.05) is 24.8 Å². The van der Waals surface area contributed by atoms with E-state index in [0.29, 0.717) is 30.0 Å². The first-order valence-electron chi connectivity index (χ1n) is 8.70. The molecular weight excluding hydrogens is 348 g/mol. The summed E-state index contributed by atoms with van der Waals surface area (Å²) in [6.07, 6.45) is 1.36. The first-order valence-corrected chi connectivity index (χ1v) is 8.70. The number of hydrogen-bond acceptors (Lipinski definition) is 5. The van der Waals surface area contributed by atoms with Gasteiger partial charge in [-0.25, -0.2) is 4.79 Å². The second-order valence-electron chi connectivity index (χ2n) is 5.86. The van der Waals surface area contributed by atoms with Crippen LogP contribution in [0.15, 0.2) is 41.3 Å². The van der Waals surface area contributed by atoms with Crippen LogP contribution in [0.4, 0.5) is 0 Å². The maximum absolute atomic E-state index is 12.9. The molecule has 0 spiro atoms. The Hall–Kier alpha value is -3.09. The minimum atomic E-state index is -0.575. The Bertz CT molecular complexity index is 867. The Morgan fingerprint density at radius 3 is 2.22 bits per heavy atom. The molecule has 0 bridgehead atoms. The molecule has 0 aliphatic rings. The molecule has 0 unspecified atom stereocenters. The molecule has 1 amide bonds. The highest BCUT2D eigenvalue weighted by Crippen LogP contribution is 2.21. The number of hydrogen-bond donors (Lipinski definition) is 0. The van der Waals surface area contributed by atoms with Crippen LogP contribution in [0.1, 0.15) is 24.2 Å². The lowest BCUT2D eigenvalue weighted by atomic mass is 10.1. The predicted octanol–water partition coefficient (Wildman–Crippen LogP) is 2.18. The lowest BCUT2D eigenvalue weighted by Gasteiger charge is -2.19. The summed E-state index contributed by atoms with van der Waals surface area (Å²) in [4.78, 5) is 39.0. The van der Waals surface area contributed by atoms with Crippen LogP contribution in [0.25, 0.3) is 11.1 Å². The number of carbonyl (C=O) groups is 2. The maximum atomic E-state index is 12.9. The smallest absolute Gasteiger partial charge is 0.339 e. The summed E-state index contributed by atoms with van der Waals surface area (Å²) in [5.41, 5.74) is 0.784.